The third-order valence-electron chi connectivity index (χ3n) is 5.80. The van der Waals surface area contributed by atoms with E-state index in [2.05, 4.69) is 11.9 Å². The van der Waals surface area contributed by atoms with Gasteiger partial charge in [0, 0.05) is 38.7 Å². The van der Waals surface area contributed by atoms with Crippen molar-refractivity contribution in [3.05, 3.63) is 0 Å². The Morgan fingerprint density at radius 2 is 2.00 bits per heavy atom. The third-order valence-corrected chi connectivity index (χ3v) is 5.80. The number of alkyl halides is 1. The van der Waals surface area contributed by atoms with Crippen LogP contribution in [0.1, 0.15) is 32.1 Å². The van der Waals surface area contributed by atoms with Crippen molar-refractivity contribution in [2.75, 3.05) is 40.4 Å². The maximum atomic E-state index is 12.9. The van der Waals surface area contributed by atoms with Crippen molar-refractivity contribution in [3.8, 4) is 0 Å². The number of ether oxygens (including phenoxy) is 1. The first-order chi connectivity index (χ1) is 10.0. The number of hydrogen-bond acceptors (Lipinski definition) is 3. The molecular formula is C16H27FN2O2. The van der Waals surface area contributed by atoms with Gasteiger partial charge in [0.2, 0.25) is 5.91 Å². The Balaban J connectivity index is 1.52. The number of amides is 1. The van der Waals surface area contributed by atoms with Crippen LogP contribution in [0, 0.1) is 11.3 Å². The van der Waals surface area contributed by atoms with Crippen molar-refractivity contribution in [3.63, 3.8) is 0 Å². The normalized spacial score (nSPS) is 36.0. The number of likely N-dealkylation sites (N-methyl/N-ethyl adjacent to an activating group) is 1. The predicted octanol–water partition coefficient (Wildman–Crippen LogP) is 1.69. The molecule has 0 bridgehead atoms. The van der Waals surface area contributed by atoms with E-state index in [9.17, 15) is 9.18 Å². The van der Waals surface area contributed by atoms with Crippen molar-refractivity contribution in [1.82, 2.24) is 9.80 Å². The maximum absolute atomic E-state index is 12.9. The lowest BCUT2D eigenvalue weighted by Gasteiger charge is -2.42. The van der Waals surface area contributed by atoms with Crippen molar-refractivity contribution in [2.24, 2.45) is 11.3 Å². The highest BCUT2D eigenvalue weighted by molar-refractivity contribution is 5.80. The molecule has 0 aromatic rings. The monoisotopic (exact) mass is 298 g/mol. The van der Waals surface area contributed by atoms with Crippen LogP contribution in [0.25, 0.3) is 0 Å². The molecule has 5 heteroatoms. The highest BCUT2D eigenvalue weighted by atomic mass is 19.1. The highest BCUT2D eigenvalue weighted by Gasteiger charge is 2.46. The highest BCUT2D eigenvalue weighted by Crippen LogP contribution is 2.43. The fourth-order valence-electron chi connectivity index (χ4n) is 4.33. The number of carbonyl (C=O) groups excluding carboxylic acids is 1. The molecule has 0 N–H and O–H groups in total. The van der Waals surface area contributed by atoms with Gasteiger partial charge in [0.1, 0.15) is 6.17 Å². The van der Waals surface area contributed by atoms with E-state index in [0.29, 0.717) is 24.3 Å². The van der Waals surface area contributed by atoms with Crippen LogP contribution >= 0.6 is 0 Å². The van der Waals surface area contributed by atoms with Crippen LogP contribution < -0.4 is 0 Å². The Bertz CT molecular complexity index is 390. The number of rotatable bonds is 3. The molecule has 3 aliphatic rings. The molecule has 3 fully saturated rings. The Hall–Kier alpha value is -0.680. The quantitative estimate of drug-likeness (QED) is 0.795. The smallest absolute Gasteiger partial charge is 0.225 e. The first-order valence-electron chi connectivity index (χ1n) is 8.15. The van der Waals surface area contributed by atoms with Gasteiger partial charge < -0.3 is 14.5 Å². The number of carbonyl (C=O) groups is 1. The molecule has 21 heavy (non-hydrogen) atoms. The largest absolute Gasteiger partial charge is 0.383 e. The van der Waals surface area contributed by atoms with Crippen LogP contribution in [-0.4, -0.2) is 68.3 Å². The summed E-state index contributed by atoms with van der Waals surface area (Å²) in [6, 6.07) is 0.510. The molecule has 4 nitrogen and oxygen atoms in total. The molecule has 0 aromatic heterocycles. The fourth-order valence-corrected chi connectivity index (χ4v) is 4.33. The van der Waals surface area contributed by atoms with Gasteiger partial charge in [-0.1, -0.05) is 0 Å². The van der Waals surface area contributed by atoms with E-state index < -0.39 is 6.17 Å². The Labute approximate surface area is 126 Å². The lowest BCUT2D eigenvalue weighted by Crippen LogP contribution is -2.48. The molecule has 2 saturated heterocycles. The molecule has 3 rings (SSSR count). The van der Waals surface area contributed by atoms with E-state index in [1.165, 1.54) is 6.42 Å². The van der Waals surface area contributed by atoms with Gasteiger partial charge in [0.15, 0.2) is 0 Å². The van der Waals surface area contributed by atoms with Crippen molar-refractivity contribution in [2.45, 2.75) is 44.3 Å². The first-order valence-corrected chi connectivity index (χ1v) is 8.15. The van der Waals surface area contributed by atoms with E-state index in [-0.39, 0.29) is 11.8 Å². The molecule has 1 atom stereocenters. The lowest BCUT2D eigenvalue weighted by molar-refractivity contribution is -0.142. The zero-order valence-electron chi connectivity index (χ0n) is 13.2. The second-order valence-corrected chi connectivity index (χ2v) is 7.32. The van der Waals surface area contributed by atoms with Gasteiger partial charge in [0.05, 0.1) is 6.61 Å². The fraction of sp³-hybridized carbons (Fsp3) is 0.938. The average molecular weight is 298 g/mol. The van der Waals surface area contributed by atoms with Gasteiger partial charge in [-0.25, -0.2) is 4.39 Å². The number of piperidine rings is 1. The Morgan fingerprint density at radius 3 is 2.57 bits per heavy atom. The number of halogens is 1. The summed E-state index contributed by atoms with van der Waals surface area (Å²) in [6.07, 6.45) is 3.48. The molecule has 1 aliphatic carbocycles. The van der Waals surface area contributed by atoms with E-state index in [1.54, 1.807) is 7.11 Å². The van der Waals surface area contributed by atoms with Gasteiger partial charge in [0.25, 0.3) is 0 Å². The van der Waals surface area contributed by atoms with Crippen LogP contribution in [0.5, 0.6) is 0 Å². The van der Waals surface area contributed by atoms with Gasteiger partial charge >= 0.3 is 0 Å². The molecule has 2 heterocycles. The summed E-state index contributed by atoms with van der Waals surface area (Å²) in [5.74, 6) is 0.153. The van der Waals surface area contributed by atoms with Crippen LogP contribution in [0.3, 0.4) is 0 Å². The van der Waals surface area contributed by atoms with E-state index >= 15 is 0 Å². The maximum Gasteiger partial charge on any atom is 0.225 e. The molecule has 1 spiro atoms. The number of hydrogen-bond donors (Lipinski definition) is 0. The van der Waals surface area contributed by atoms with Crippen LogP contribution in [-0.2, 0) is 9.53 Å². The minimum atomic E-state index is -0.742. The minimum Gasteiger partial charge on any atom is -0.383 e. The molecular weight excluding hydrogens is 271 g/mol. The summed E-state index contributed by atoms with van der Waals surface area (Å²) >= 11 is 0. The molecule has 2 aliphatic heterocycles. The zero-order chi connectivity index (χ0) is 15.0. The van der Waals surface area contributed by atoms with Crippen LogP contribution in [0.4, 0.5) is 4.39 Å². The summed E-state index contributed by atoms with van der Waals surface area (Å²) < 4.78 is 18.2. The average Bonchev–Trinajstić information content (AvgIpc) is 2.72. The van der Waals surface area contributed by atoms with Crippen molar-refractivity contribution < 1.29 is 13.9 Å². The van der Waals surface area contributed by atoms with E-state index in [1.807, 2.05) is 4.90 Å². The predicted molar refractivity (Wildman–Crippen MR) is 78.8 cm³/mol. The van der Waals surface area contributed by atoms with Gasteiger partial charge in [-0.2, -0.15) is 0 Å². The van der Waals surface area contributed by atoms with Crippen molar-refractivity contribution >= 4 is 5.91 Å². The van der Waals surface area contributed by atoms with Gasteiger partial charge in [-0.3, -0.25) is 4.79 Å². The Morgan fingerprint density at radius 1 is 1.33 bits per heavy atom. The Kier molecular flexibility index (Phi) is 4.23. The second-order valence-electron chi connectivity index (χ2n) is 7.32. The summed E-state index contributed by atoms with van der Waals surface area (Å²) in [5.41, 5.74) is 0.358. The summed E-state index contributed by atoms with van der Waals surface area (Å²) in [6.45, 7) is 3.60. The standard InChI is InChI=1S/C16H27FN2O2/c1-18-11-16(9-14(18)10-21-2)3-5-19(6-4-16)15(20)12-7-13(17)8-12/h12-14H,3-11H2,1-2H3. The molecule has 1 unspecified atom stereocenters. The van der Waals surface area contributed by atoms with Crippen LogP contribution in [0.2, 0.25) is 0 Å². The topological polar surface area (TPSA) is 32.8 Å². The van der Waals surface area contributed by atoms with Crippen LogP contribution in [0.15, 0.2) is 0 Å². The molecule has 0 aromatic carbocycles. The molecule has 0 radical (unpaired) electrons. The SMILES string of the molecule is COCC1CC2(CCN(C(=O)C3CC(F)C3)CC2)CN1C. The van der Waals surface area contributed by atoms with Crippen molar-refractivity contribution in [1.29, 1.82) is 0 Å². The van der Waals surface area contributed by atoms with E-state index in [0.717, 1.165) is 39.1 Å². The molecule has 120 valence electrons. The second kappa shape index (κ2) is 5.84. The number of nitrogens with zero attached hydrogens (tertiary/aromatic N) is 2. The number of methoxy groups -OCH3 is 1. The summed E-state index contributed by atoms with van der Waals surface area (Å²) in [7, 11) is 3.93. The van der Waals surface area contributed by atoms with Gasteiger partial charge in [-0.05, 0) is 44.6 Å². The zero-order valence-corrected chi connectivity index (χ0v) is 13.2. The lowest BCUT2D eigenvalue weighted by atomic mass is 9.75. The third kappa shape index (κ3) is 2.95. The first kappa shape index (κ1) is 15.2. The van der Waals surface area contributed by atoms with Gasteiger partial charge in [-0.15, -0.1) is 0 Å². The number of likely N-dealkylation sites (tertiary alicyclic amines) is 2. The summed E-state index contributed by atoms with van der Waals surface area (Å²) in [4.78, 5) is 16.7. The molecule has 1 amide bonds. The molecule has 1 saturated carbocycles. The summed E-state index contributed by atoms with van der Waals surface area (Å²) in [5, 5.41) is 0. The van der Waals surface area contributed by atoms with E-state index in [4.69, 9.17) is 4.74 Å². The minimum absolute atomic E-state index is 0.0402.